The quantitative estimate of drug-likeness (QED) is 0.677. The van der Waals surface area contributed by atoms with Crippen molar-refractivity contribution in [2.75, 3.05) is 23.9 Å². The Morgan fingerprint density at radius 1 is 1.35 bits per heavy atom. The van der Waals surface area contributed by atoms with Crippen LogP contribution in [0.2, 0.25) is 0 Å². The highest BCUT2D eigenvalue weighted by atomic mass is 79.9. The van der Waals surface area contributed by atoms with Crippen LogP contribution in [0.3, 0.4) is 0 Å². The van der Waals surface area contributed by atoms with Crippen molar-refractivity contribution in [3.05, 3.63) is 21.0 Å². The lowest BCUT2D eigenvalue weighted by molar-refractivity contribution is 0.501. The third-order valence-corrected chi connectivity index (χ3v) is 4.49. The third kappa shape index (κ3) is 5.48. The molecule has 0 bridgehead atoms. The van der Waals surface area contributed by atoms with Crippen molar-refractivity contribution in [2.45, 2.75) is 45.6 Å². The fourth-order valence-corrected chi connectivity index (χ4v) is 2.80. The van der Waals surface area contributed by atoms with Crippen LogP contribution in [-0.2, 0) is 0 Å². The predicted molar refractivity (Wildman–Crippen MR) is 91.9 cm³/mol. The summed E-state index contributed by atoms with van der Waals surface area (Å²) in [4.78, 5) is 12.0. The summed E-state index contributed by atoms with van der Waals surface area (Å²) in [5.74, 6) is 1.25. The summed E-state index contributed by atoms with van der Waals surface area (Å²) in [5.41, 5.74) is 0.709. The number of rotatable bonds is 9. The van der Waals surface area contributed by atoms with Crippen molar-refractivity contribution in [1.82, 2.24) is 9.78 Å². The van der Waals surface area contributed by atoms with Gasteiger partial charge in [-0.3, -0.25) is 4.79 Å². The Balaban J connectivity index is 2.42. The molecule has 6 heteroatoms. The molecule has 1 aromatic rings. The van der Waals surface area contributed by atoms with Crippen molar-refractivity contribution in [1.29, 1.82) is 0 Å². The Morgan fingerprint density at radius 2 is 2.05 bits per heavy atom. The molecule has 1 heterocycles. The molecule has 1 N–H and O–H groups in total. The molecule has 0 atom stereocenters. The van der Waals surface area contributed by atoms with Crippen LogP contribution in [0.4, 0.5) is 5.69 Å². The minimum Gasteiger partial charge on any atom is -0.383 e. The zero-order chi connectivity index (χ0) is 15.0. The van der Waals surface area contributed by atoms with E-state index in [0.717, 1.165) is 18.7 Å². The van der Waals surface area contributed by atoms with Gasteiger partial charge in [0.25, 0.3) is 5.56 Å². The first-order valence-corrected chi connectivity index (χ1v) is 9.26. The molecule has 0 fully saturated rings. The number of thioether (sulfide) groups is 1. The van der Waals surface area contributed by atoms with E-state index >= 15 is 0 Å². The lowest BCUT2D eigenvalue weighted by Crippen LogP contribution is -2.26. The number of aromatic nitrogens is 2. The maximum Gasteiger partial charge on any atom is 0.283 e. The molecule has 0 amide bonds. The van der Waals surface area contributed by atoms with E-state index < -0.39 is 0 Å². The van der Waals surface area contributed by atoms with E-state index in [1.807, 2.05) is 25.6 Å². The Kier molecular flexibility index (Phi) is 8.30. The predicted octanol–water partition coefficient (Wildman–Crippen LogP) is 3.92. The Bertz CT molecular complexity index is 462. The highest BCUT2D eigenvalue weighted by molar-refractivity contribution is 9.10. The second-order valence-electron chi connectivity index (χ2n) is 5.05. The largest absolute Gasteiger partial charge is 0.383 e. The van der Waals surface area contributed by atoms with Gasteiger partial charge in [0, 0.05) is 6.54 Å². The van der Waals surface area contributed by atoms with Gasteiger partial charge in [-0.1, -0.05) is 12.8 Å². The first-order valence-electron chi connectivity index (χ1n) is 7.08. The van der Waals surface area contributed by atoms with Crippen LogP contribution < -0.4 is 10.9 Å². The average molecular weight is 362 g/mol. The van der Waals surface area contributed by atoms with Crippen LogP contribution >= 0.6 is 27.7 Å². The molecule has 0 spiro atoms. The summed E-state index contributed by atoms with van der Waals surface area (Å²) in [6, 6.07) is 0.0734. The first-order chi connectivity index (χ1) is 9.57. The van der Waals surface area contributed by atoms with Gasteiger partial charge in [0.2, 0.25) is 0 Å². The Morgan fingerprint density at radius 3 is 2.70 bits per heavy atom. The van der Waals surface area contributed by atoms with E-state index in [1.54, 1.807) is 6.20 Å². The normalized spacial score (nSPS) is 11.1. The monoisotopic (exact) mass is 361 g/mol. The molecule has 20 heavy (non-hydrogen) atoms. The molecule has 0 unspecified atom stereocenters. The van der Waals surface area contributed by atoms with Crippen molar-refractivity contribution in [2.24, 2.45) is 0 Å². The van der Waals surface area contributed by atoms with Gasteiger partial charge >= 0.3 is 0 Å². The van der Waals surface area contributed by atoms with Gasteiger partial charge < -0.3 is 5.32 Å². The third-order valence-electron chi connectivity index (χ3n) is 3.02. The van der Waals surface area contributed by atoms with E-state index in [9.17, 15) is 4.79 Å². The fourth-order valence-electron chi connectivity index (χ4n) is 1.88. The van der Waals surface area contributed by atoms with Crippen molar-refractivity contribution >= 4 is 33.4 Å². The number of halogens is 1. The van der Waals surface area contributed by atoms with Crippen LogP contribution in [0.5, 0.6) is 0 Å². The molecule has 1 aromatic heterocycles. The van der Waals surface area contributed by atoms with Gasteiger partial charge in [-0.05, 0) is 54.6 Å². The fraction of sp³-hybridized carbons (Fsp3) is 0.714. The summed E-state index contributed by atoms with van der Waals surface area (Å²) < 4.78 is 2.06. The van der Waals surface area contributed by atoms with Crippen LogP contribution in [-0.4, -0.2) is 28.3 Å². The maximum absolute atomic E-state index is 12.0. The standard InChI is InChI=1S/C14H24BrN3OS/c1-11(2)18-14(19)13(15)12(10-17-18)16-8-6-4-5-7-9-20-3/h10-11,16H,4-9H2,1-3H3. The second kappa shape index (κ2) is 9.45. The number of unbranched alkanes of at least 4 members (excludes halogenated alkanes) is 3. The van der Waals surface area contributed by atoms with Gasteiger partial charge in [0.1, 0.15) is 4.47 Å². The molecule has 114 valence electrons. The highest BCUT2D eigenvalue weighted by Gasteiger charge is 2.10. The van der Waals surface area contributed by atoms with E-state index in [2.05, 4.69) is 32.6 Å². The summed E-state index contributed by atoms with van der Waals surface area (Å²) in [6.45, 7) is 4.77. The summed E-state index contributed by atoms with van der Waals surface area (Å²) >= 11 is 5.27. The van der Waals surface area contributed by atoms with E-state index in [0.29, 0.717) is 4.47 Å². The highest BCUT2D eigenvalue weighted by Crippen LogP contribution is 2.17. The molecule has 0 saturated carbocycles. The van der Waals surface area contributed by atoms with Crippen LogP contribution in [0.15, 0.2) is 15.5 Å². The first kappa shape index (κ1) is 17.6. The zero-order valence-corrected chi connectivity index (χ0v) is 14.9. The van der Waals surface area contributed by atoms with Gasteiger partial charge in [0.05, 0.1) is 17.9 Å². The van der Waals surface area contributed by atoms with E-state index in [-0.39, 0.29) is 11.6 Å². The number of nitrogens with one attached hydrogen (secondary N) is 1. The smallest absolute Gasteiger partial charge is 0.283 e. The molecule has 0 saturated heterocycles. The molecular formula is C14H24BrN3OS. The molecular weight excluding hydrogens is 338 g/mol. The summed E-state index contributed by atoms with van der Waals surface area (Å²) in [7, 11) is 0. The molecule has 0 aliphatic heterocycles. The number of hydrogen-bond donors (Lipinski definition) is 1. The van der Waals surface area contributed by atoms with Gasteiger partial charge in [0.15, 0.2) is 0 Å². The van der Waals surface area contributed by atoms with Crippen LogP contribution in [0.1, 0.15) is 45.6 Å². The molecule has 0 aliphatic rings. The lowest BCUT2D eigenvalue weighted by Gasteiger charge is -2.12. The minimum absolute atomic E-state index is 0.0734. The van der Waals surface area contributed by atoms with Crippen LogP contribution in [0.25, 0.3) is 0 Å². The summed E-state index contributed by atoms with van der Waals surface area (Å²) in [6.07, 6.45) is 8.77. The number of anilines is 1. The van der Waals surface area contributed by atoms with Crippen LogP contribution in [0, 0.1) is 0 Å². The van der Waals surface area contributed by atoms with Crippen molar-refractivity contribution < 1.29 is 0 Å². The van der Waals surface area contributed by atoms with Crippen molar-refractivity contribution in [3.8, 4) is 0 Å². The average Bonchev–Trinajstić information content (AvgIpc) is 2.42. The maximum atomic E-state index is 12.0. The zero-order valence-electron chi connectivity index (χ0n) is 12.5. The second-order valence-corrected chi connectivity index (χ2v) is 6.83. The van der Waals surface area contributed by atoms with Gasteiger partial charge in [-0.2, -0.15) is 16.9 Å². The van der Waals surface area contributed by atoms with E-state index in [1.165, 1.54) is 29.7 Å². The lowest BCUT2D eigenvalue weighted by atomic mass is 10.2. The van der Waals surface area contributed by atoms with Crippen molar-refractivity contribution in [3.63, 3.8) is 0 Å². The molecule has 0 aliphatic carbocycles. The Labute approximate surface area is 133 Å². The molecule has 0 aromatic carbocycles. The molecule has 1 rings (SSSR count). The minimum atomic E-state index is -0.0787. The van der Waals surface area contributed by atoms with Gasteiger partial charge in [-0.25, -0.2) is 4.68 Å². The topological polar surface area (TPSA) is 46.9 Å². The SMILES string of the molecule is CSCCCCCCNc1cnn(C(C)C)c(=O)c1Br. The Hall–Kier alpha value is -0.490. The summed E-state index contributed by atoms with van der Waals surface area (Å²) in [5, 5.41) is 7.47. The number of nitrogens with zero attached hydrogens (tertiary/aromatic N) is 2. The molecule has 0 radical (unpaired) electrons. The number of hydrogen-bond acceptors (Lipinski definition) is 4. The van der Waals surface area contributed by atoms with Gasteiger partial charge in [-0.15, -0.1) is 0 Å². The van der Waals surface area contributed by atoms with E-state index in [4.69, 9.17) is 0 Å². The molecule has 4 nitrogen and oxygen atoms in total.